The molecular weight excluding hydrogens is 322 g/mol. The Morgan fingerprint density at radius 2 is 2.00 bits per heavy atom. The fourth-order valence-corrected chi connectivity index (χ4v) is 3.58. The summed E-state index contributed by atoms with van der Waals surface area (Å²) in [6, 6.07) is 12.6. The minimum atomic E-state index is 0.129. The van der Waals surface area contributed by atoms with Crippen molar-refractivity contribution < 1.29 is 9.63 Å². The molecule has 0 saturated heterocycles. The molecule has 0 aromatic heterocycles. The lowest BCUT2D eigenvalue weighted by Gasteiger charge is -2.23. The Balaban J connectivity index is 2.29. The van der Waals surface area contributed by atoms with Gasteiger partial charge < -0.3 is 4.84 Å². The molecule has 0 N–H and O–H groups in total. The van der Waals surface area contributed by atoms with E-state index in [0.29, 0.717) is 6.42 Å². The van der Waals surface area contributed by atoms with Crippen LogP contribution in [0.25, 0.3) is 22.4 Å². The number of nitrogens with zero attached hydrogens (tertiary/aromatic N) is 1. The fraction of sp³-hybridized carbons (Fsp3) is 0.304. The van der Waals surface area contributed by atoms with Gasteiger partial charge in [0.15, 0.2) is 5.78 Å². The molecular formula is C23H25NO2. The van der Waals surface area contributed by atoms with Gasteiger partial charge in [0.25, 0.3) is 0 Å². The average molecular weight is 347 g/mol. The highest BCUT2D eigenvalue weighted by molar-refractivity contribution is 6.28. The van der Waals surface area contributed by atoms with Gasteiger partial charge in [0, 0.05) is 12.0 Å². The lowest BCUT2D eigenvalue weighted by molar-refractivity contribution is -0.114. The van der Waals surface area contributed by atoms with E-state index in [-0.39, 0.29) is 5.78 Å². The van der Waals surface area contributed by atoms with E-state index in [1.807, 2.05) is 13.0 Å². The van der Waals surface area contributed by atoms with Crippen molar-refractivity contribution in [2.75, 3.05) is 7.11 Å². The fourth-order valence-electron chi connectivity index (χ4n) is 3.58. The van der Waals surface area contributed by atoms with Crippen molar-refractivity contribution in [3.63, 3.8) is 0 Å². The molecule has 1 aliphatic rings. The second-order valence-electron chi connectivity index (χ2n) is 6.63. The lowest BCUT2D eigenvalue weighted by Crippen LogP contribution is -2.12. The van der Waals surface area contributed by atoms with Crippen LogP contribution in [0.3, 0.4) is 0 Å². The SMILES string of the molecule is CCC(=O)/C=C/c1ccc2ccccc2c1C1=C(C)CCC/C1=N\OC. The number of ketones is 1. The van der Waals surface area contributed by atoms with Crippen LogP contribution in [0, 0.1) is 0 Å². The number of carbonyl (C=O) groups is 1. The molecule has 0 unspecified atom stereocenters. The maximum absolute atomic E-state index is 11.8. The largest absolute Gasteiger partial charge is 0.399 e. The van der Waals surface area contributed by atoms with E-state index >= 15 is 0 Å². The monoisotopic (exact) mass is 347 g/mol. The Kier molecular flexibility index (Phi) is 5.67. The van der Waals surface area contributed by atoms with Gasteiger partial charge in [0.1, 0.15) is 7.11 Å². The molecule has 0 heterocycles. The summed E-state index contributed by atoms with van der Waals surface area (Å²) in [5, 5.41) is 6.68. The van der Waals surface area contributed by atoms with E-state index in [0.717, 1.165) is 36.1 Å². The third kappa shape index (κ3) is 3.62. The zero-order valence-electron chi connectivity index (χ0n) is 15.7. The number of benzene rings is 2. The standard InChI is InChI=1S/C23H25NO2/c1-4-19(25)15-14-18-13-12-17-9-5-6-10-20(17)23(18)22-16(2)8-7-11-21(22)24-26-3/h5-6,9-10,12-15H,4,7-8,11H2,1-3H3/b15-14+,24-21+. The number of rotatable bonds is 5. The van der Waals surface area contributed by atoms with Crippen LogP contribution in [0.15, 0.2) is 53.2 Å². The molecule has 2 aromatic rings. The number of fused-ring (bicyclic) bond motifs is 1. The Morgan fingerprint density at radius 3 is 2.77 bits per heavy atom. The van der Waals surface area contributed by atoms with E-state index in [1.54, 1.807) is 13.2 Å². The van der Waals surface area contributed by atoms with Crippen molar-refractivity contribution >= 4 is 33.9 Å². The Hall–Kier alpha value is -2.68. The van der Waals surface area contributed by atoms with Crippen molar-refractivity contribution in [2.24, 2.45) is 5.16 Å². The van der Waals surface area contributed by atoms with Gasteiger partial charge in [0.2, 0.25) is 0 Å². The third-order valence-corrected chi connectivity index (χ3v) is 4.89. The van der Waals surface area contributed by atoms with Gasteiger partial charge in [-0.2, -0.15) is 0 Å². The lowest BCUT2D eigenvalue weighted by atomic mass is 9.82. The summed E-state index contributed by atoms with van der Waals surface area (Å²) in [4.78, 5) is 17.0. The summed E-state index contributed by atoms with van der Waals surface area (Å²) in [5.41, 5.74) is 5.67. The molecule has 1 aliphatic carbocycles. The van der Waals surface area contributed by atoms with Gasteiger partial charge in [-0.05, 0) is 54.2 Å². The van der Waals surface area contributed by atoms with E-state index in [4.69, 9.17) is 4.84 Å². The topological polar surface area (TPSA) is 38.7 Å². The van der Waals surface area contributed by atoms with Gasteiger partial charge in [-0.15, -0.1) is 0 Å². The predicted octanol–water partition coefficient (Wildman–Crippen LogP) is 5.79. The first kappa shape index (κ1) is 18.1. The van der Waals surface area contributed by atoms with Gasteiger partial charge in [-0.1, -0.05) is 60.1 Å². The minimum Gasteiger partial charge on any atom is -0.399 e. The predicted molar refractivity (Wildman–Crippen MR) is 109 cm³/mol. The van der Waals surface area contributed by atoms with Crippen molar-refractivity contribution in [3.8, 4) is 0 Å². The van der Waals surface area contributed by atoms with Crippen molar-refractivity contribution in [3.05, 3.63) is 59.2 Å². The van der Waals surface area contributed by atoms with Crippen LogP contribution in [-0.4, -0.2) is 18.6 Å². The number of allylic oxidation sites excluding steroid dienone is 3. The number of hydrogen-bond donors (Lipinski definition) is 0. The van der Waals surface area contributed by atoms with Crippen molar-refractivity contribution in [1.82, 2.24) is 0 Å². The summed E-state index contributed by atoms with van der Waals surface area (Å²) in [5.74, 6) is 0.129. The number of carbonyl (C=O) groups excluding carboxylic acids is 1. The first-order chi connectivity index (χ1) is 12.7. The minimum absolute atomic E-state index is 0.129. The molecule has 0 radical (unpaired) electrons. The third-order valence-electron chi connectivity index (χ3n) is 4.89. The van der Waals surface area contributed by atoms with E-state index in [2.05, 4.69) is 48.5 Å². The summed E-state index contributed by atoms with van der Waals surface area (Å²) in [6.45, 7) is 4.05. The molecule has 0 fully saturated rings. The molecule has 0 spiro atoms. The molecule has 3 rings (SSSR count). The van der Waals surface area contributed by atoms with Crippen LogP contribution in [0.4, 0.5) is 0 Å². The van der Waals surface area contributed by atoms with E-state index < -0.39 is 0 Å². The molecule has 2 aromatic carbocycles. The zero-order valence-corrected chi connectivity index (χ0v) is 15.7. The smallest absolute Gasteiger partial charge is 0.155 e. The second-order valence-corrected chi connectivity index (χ2v) is 6.63. The highest BCUT2D eigenvalue weighted by Crippen LogP contribution is 2.37. The summed E-state index contributed by atoms with van der Waals surface area (Å²) in [7, 11) is 1.60. The Morgan fingerprint density at radius 1 is 1.19 bits per heavy atom. The molecule has 3 nitrogen and oxygen atoms in total. The van der Waals surface area contributed by atoms with Gasteiger partial charge in [0.05, 0.1) is 5.71 Å². The molecule has 134 valence electrons. The van der Waals surface area contributed by atoms with Crippen LogP contribution in [-0.2, 0) is 9.63 Å². The maximum Gasteiger partial charge on any atom is 0.155 e. The first-order valence-electron chi connectivity index (χ1n) is 9.19. The molecule has 3 heteroatoms. The van der Waals surface area contributed by atoms with Crippen LogP contribution in [0.5, 0.6) is 0 Å². The van der Waals surface area contributed by atoms with Gasteiger partial charge in [-0.25, -0.2) is 0 Å². The first-order valence-corrected chi connectivity index (χ1v) is 9.19. The van der Waals surface area contributed by atoms with E-state index in [1.165, 1.54) is 21.9 Å². The molecule has 26 heavy (non-hydrogen) atoms. The maximum atomic E-state index is 11.8. The normalized spacial score (nSPS) is 16.7. The number of hydrogen-bond acceptors (Lipinski definition) is 3. The Bertz CT molecular complexity index is 919. The van der Waals surface area contributed by atoms with Gasteiger partial charge in [-0.3, -0.25) is 4.79 Å². The summed E-state index contributed by atoms with van der Waals surface area (Å²) >= 11 is 0. The quantitative estimate of drug-likeness (QED) is 0.507. The van der Waals surface area contributed by atoms with Crippen LogP contribution >= 0.6 is 0 Å². The molecule has 0 saturated carbocycles. The van der Waals surface area contributed by atoms with Crippen molar-refractivity contribution in [1.29, 1.82) is 0 Å². The van der Waals surface area contributed by atoms with Crippen molar-refractivity contribution in [2.45, 2.75) is 39.5 Å². The second kappa shape index (κ2) is 8.13. The molecule has 0 amide bonds. The molecule has 0 bridgehead atoms. The summed E-state index contributed by atoms with van der Waals surface area (Å²) < 4.78 is 0. The highest BCUT2D eigenvalue weighted by atomic mass is 16.6. The molecule has 0 atom stereocenters. The number of oxime groups is 1. The van der Waals surface area contributed by atoms with Gasteiger partial charge >= 0.3 is 0 Å². The van der Waals surface area contributed by atoms with Crippen LogP contribution in [0.2, 0.25) is 0 Å². The van der Waals surface area contributed by atoms with Crippen LogP contribution < -0.4 is 0 Å². The van der Waals surface area contributed by atoms with Crippen LogP contribution in [0.1, 0.15) is 50.7 Å². The zero-order chi connectivity index (χ0) is 18.5. The summed E-state index contributed by atoms with van der Waals surface area (Å²) in [6.07, 6.45) is 7.17. The molecule has 0 aliphatic heterocycles. The Labute approximate surface area is 155 Å². The average Bonchev–Trinajstić information content (AvgIpc) is 2.66. The van der Waals surface area contributed by atoms with E-state index in [9.17, 15) is 4.79 Å². The highest BCUT2D eigenvalue weighted by Gasteiger charge is 2.22.